The molecule has 2 aromatic carbocycles. The van der Waals surface area contributed by atoms with Crippen LogP contribution in [0.1, 0.15) is 29.6 Å². The fraction of sp³-hybridized carbons (Fsp3) is 0.517. The van der Waals surface area contributed by atoms with Gasteiger partial charge in [0.2, 0.25) is 6.79 Å². The number of carbonyl (C=O) groups is 2. The number of aliphatic carboxylic acids is 1. The highest BCUT2D eigenvalue weighted by molar-refractivity contribution is 5.90. The molecule has 1 saturated heterocycles. The molecule has 16 heteroatoms. The molecule has 0 unspecified atom stereocenters. The first-order valence-corrected chi connectivity index (χ1v) is 14.3. The van der Waals surface area contributed by atoms with Gasteiger partial charge in [0.15, 0.2) is 29.6 Å². The zero-order valence-corrected chi connectivity index (χ0v) is 24.2. The molecule has 6 rings (SSSR count). The van der Waals surface area contributed by atoms with Crippen molar-refractivity contribution in [3.8, 4) is 28.7 Å². The summed E-state index contributed by atoms with van der Waals surface area (Å²) in [4.78, 5) is 33.7. The van der Waals surface area contributed by atoms with Crippen molar-refractivity contribution in [2.75, 3.05) is 40.2 Å². The maximum atomic E-state index is 11.7. The molecular weight excluding hydrogens is 600 g/mol. The first-order valence-electron chi connectivity index (χ1n) is 14.3. The average molecular weight is 635 g/mol. The lowest BCUT2D eigenvalue weighted by atomic mass is 9.89. The number of benzene rings is 2. The number of nitrogens with one attached hydrogen (secondary N) is 1. The SMILES string of the molecule is CNC[C@H](N)CO[C@@H]1O[C@H](COC(=O)CC(=O)O)[C@@H](O)[C@H](O)[C@H]1OOc1ccc2c(c1)[C@H]1Oc3cc4c(cc3[C@H]1CO2)OCO4. The second kappa shape index (κ2) is 13.2. The number of aliphatic hydroxyl groups is 2. The second-order valence-corrected chi connectivity index (χ2v) is 11.0. The van der Waals surface area contributed by atoms with Crippen LogP contribution in [0.25, 0.3) is 0 Å². The van der Waals surface area contributed by atoms with Crippen molar-refractivity contribution in [3.05, 3.63) is 41.5 Å². The third-order valence-corrected chi connectivity index (χ3v) is 7.78. The van der Waals surface area contributed by atoms with Crippen LogP contribution in [0.4, 0.5) is 0 Å². The number of fused-ring (bicyclic) bond motifs is 6. The van der Waals surface area contributed by atoms with Crippen molar-refractivity contribution in [3.63, 3.8) is 0 Å². The number of rotatable bonds is 12. The van der Waals surface area contributed by atoms with Crippen molar-refractivity contribution in [2.24, 2.45) is 5.73 Å². The number of carbonyl (C=O) groups excluding carboxylic acids is 1. The Hall–Kier alpha value is -3.90. The molecule has 4 aliphatic rings. The van der Waals surface area contributed by atoms with E-state index in [1.165, 1.54) is 0 Å². The number of hydrogen-bond acceptors (Lipinski definition) is 15. The summed E-state index contributed by atoms with van der Waals surface area (Å²) in [5.74, 6) is 0.245. The Balaban J connectivity index is 1.14. The second-order valence-electron chi connectivity index (χ2n) is 11.0. The van der Waals surface area contributed by atoms with Gasteiger partial charge in [0, 0.05) is 29.8 Å². The minimum atomic E-state index is -1.63. The number of likely N-dealkylation sites (N-methyl/N-ethyl adjacent to an activating group) is 1. The van der Waals surface area contributed by atoms with Gasteiger partial charge >= 0.3 is 11.9 Å². The molecule has 4 aliphatic heterocycles. The predicted octanol–water partition coefficient (Wildman–Crippen LogP) is -0.268. The van der Waals surface area contributed by atoms with E-state index in [0.717, 1.165) is 5.56 Å². The summed E-state index contributed by atoms with van der Waals surface area (Å²) >= 11 is 0. The van der Waals surface area contributed by atoms with Gasteiger partial charge in [-0.05, 0) is 31.3 Å². The first kappa shape index (κ1) is 31.1. The molecule has 4 heterocycles. The van der Waals surface area contributed by atoms with Crippen LogP contribution < -0.4 is 34.9 Å². The molecule has 0 saturated carbocycles. The lowest BCUT2D eigenvalue weighted by molar-refractivity contribution is -0.372. The van der Waals surface area contributed by atoms with E-state index in [1.807, 2.05) is 6.07 Å². The van der Waals surface area contributed by atoms with E-state index in [0.29, 0.717) is 41.7 Å². The van der Waals surface area contributed by atoms with Gasteiger partial charge in [-0.15, -0.1) is 0 Å². The summed E-state index contributed by atoms with van der Waals surface area (Å²) in [5, 5.41) is 33.4. The molecule has 0 radical (unpaired) electrons. The van der Waals surface area contributed by atoms with E-state index in [-0.39, 0.29) is 31.2 Å². The van der Waals surface area contributed by atoms with E-state index >= 15 is 0 Å². The van der Waals surface area contributed by atoms with Gasteiger partial charge in [0.05, 0.1) is 19.1 Å². The Labute approximate surface area is 256 Å². The molecule has 16 nitrogen and oxygen atoms in total. The van der Waals surface area contributed by atoms with Crippen LogP contribution >= 0.6 is 0 Å². The van der Waals surface area contributed by atoms with Gasteiger partial charge in [0.1, 0.15) is 48.9 Å². The van der Waals surface area contributed by atoms with Crippen molar-refractivity contribution in [1.82, 2.24) is 5.32 Å². The number of hydrogen-bond donors (Lipinski definition) is 5. The van der Waals surface area contributed by atoms with E-state index in [9.17, 15) is 19.8 Å². The Bertz CT molecular complexity index is 1410. The summed E-state index contributed by atoms with van der Waals surface area (Å²) < 4.78 is 39.8. The summed E-state index contributed by atoms with van der Waals surface area (Å²) in [6.07, 6.45) is -8.45. The average Bonchev–Trinajstić information content (AvgIpc) is 3.62. The highest BCUT2D eigenvalue weighted by Crippen LogP contribution is 2.54. The number of aliphatic hydroxyl groups excluding tert-OH is 2. The summed E-state index contributed by atoms with van der Waals surface area (Å²) in [6, 6.07) is 8.25. The van der Waals surface area contributed by atoms with E-state index in [2.05, 4.69) is 5.32 Å². The molecule has 2 aromatic rings. The zero-order valence-electron chi connectivity index (χ0n) is 24.2. The fourth-order valence-electron chi connectivity index (χ4n) is 5.56. The molecule has 0 spiro atoms. The van der Waals surface area contributed by atoms with Gasteiger partial charge in [-0.1, -0.05) is 0 Å². The zero-order chi connectivity index (χ0) is 31.7. The molecule has 1 fully saturated rings. The molecule has 0 aromatic heterocycles. The number of carboxylic acid groups (broad SMARTS) is 1. The summed E-state index contributed by atoms with van der Waals surface area (Å²) in [6.45, 7) is 0.378. The van der Waals surface area contributed by atoms with E-state index in [4.69, 9.17) is 53.8 Å². The largest absolute Gasteiger partial charge is 0.492 e. The van der Waals surface area contributed by atoms with Crippen LogP contribution in [0, 0.1) is 0 Å². The van der Waals surface area contributed by atoms with Crippen molar-refractivity contribution in [1.29, 1.82) is 0 Å². The van der Waals surface area contributed by atoms with Crippen molar-refractivity contribution in [2.45, 2.75) is 55.2 Å². The maximum absolute atomic E-state index is 11.7. The minimum Gasteiger partial charge on any atom is -0.492 e. The number of esters is 1. The molecular formula is C29H34N2O14. The van der Waals surface area contributed by atoms with Crippen molar-refractivity contribution >= 4 is 11.9 Å². The quantitative estimate of drug-likeness (QED) is 0.0879. The van der Waals surface area contributed by atoms with Gasteiger partial charge < -0.3 is 64.4 Å². The van der Waals surface area contributed by atoms with Crippen LogP contribution in [0.2, 0.25) is 0 Å². The van der Waals surface area contributed by atoms with Crippen LogP contribution in [-0.4, -0.2) is 104 Å². The highest BCUT2D eigenvalue weighted by atomic mass is 17.2. The van der Waals surface area contributed by atoms with E-state index < -0.39 is 61.7 Å². The van der Waals surface area contributed by atoms with Gasteiger partial charge in [0.25, 0.3) is 0 Å². The monoisotopic (exact) mass is 634 g/mol. The number of nitrogens with two attached hydrogens (primary N) is 1. The highest BCUT2D eigenvalue weighted by Gasteiger charge is 2.48. The molecule has 8 atom stereocenters. The molecule has 0 aliphatic carbocycles. The number of carboxylic acids is 1. The van der Waals surface area contributed by atoms with Crippen LogP contribution in [0.3, 0.4) is 0 Å². The van der Waals surface area contributed by atoms with Crippen molar-refractivity contribution < 1.29 is 67.8 Å². The van der Waals surface area contributed by atoms with Gasteiger partial charge in [-0.25, -0.2) is 0 Å². The molecule has 45 heavy (non-hydrogen) atoms. The predicted molar refractivity (Wildman–Crippen MR) is 148 cm³/mol. The minimum absolute atomic E-state index is 0.0314. The first-order chi connectivity index (χ1) is 21.7. The topological polar surface area (TPSA) is 216 Å². The smallest absolute Gasteiger partial charge is 0.317 e. The molecule has 6 N–H and O–H groups in total. The Morgan fingerprint density at radius 3 is 2.62 bits per heavy atom. The standard InChI is InChI=1S/C29H34N2O14/c1-31-8-13(30)9-39-29-28(26(36)25(35)22(43-29)11-38-24(34)7-23(32)33)45-44-14-2-3-18-16(4-14)27-17(10-37-18)15-5-20-21(41-12-40-20)6-19(15)42-27/h2-6,13,17,22,25-29,31,35-36H,7-12,30H2,1H3,(H,32,33)/t13-,17+,22+,25+,26-,27+,28+,29+/m0/s1. The number of ether oxygens (including phenoxy) is 7. The van der Waals surface area contributed by atoms with E-state index in [1.54, 1.807) is 31.3 Å². The molecule has 244 valence electrons. The van der Waals surface area contributed by atoms with Crippen LogP contribution in [-0.2, 0) is 28.7 Å². The lowest BCUT2D eigenvalue weighted by Gasteiger charge is -2.41. The molecule has 0 amide bonds. The molecule has 0 bridgehead atoms. The Morgan fingerprint density at radius 2 is 1.84 bits per heavy atom. The van der Waals surface area contributed by atoms with Gasteiger partial charge in [-0.3, -0.25) is 9.59 Å². The van der Waals surface area contributed by atoms with Crippen LogP contribution in [0.15, 0.2) is 30.3 Å². The third kappa shape index (κ3) is 6.57. The Morgan fingerprint density at radius 1 is 1.04 bits per heavy atom. The normalized spacial score (nSPS) is 28.1. The van der Waals surface area contributed by atoms with Crippen LogP contribution in [0.5, 0.6) is 28.7 Å². The lowest BCUT2D eigenvalue weighted by Crippen LogP contribution is -2.61. The maximum Gasteiger partial charge on any atom is 0.317 e. The Kier molecular flexibility index (Phi) is 9.14. The summed E-state index contributed by atoms with van der Waals surface area (Å²) in [7, 11) is 1.72. The summed E-state index contributed by atoms with van der Waals surface area (Å²) in [5.41, 5.74) is 7.68. The third-order valence-electron chi connectivity index (χ3n) is 7.78. The van der Waals surface area contributed by atoms with Gasteiger partial charge in [-0.2, -0.15) is 4.89 Å². The fourth-order valence-corrected chi connectivity index (χ4v) is 5.56.